The van der Waals surface area contributed by atoms with Gasteiger partial charge >= 0.3 is 0 Å². The van der Waals surface area contributed by atoms with Crippen LogP contribution in [0, 0.1) is 6.92 Å². The molecule has 100 valence electrons. The van der Waals surface area contributed by atoms with Crippen molar-refractivity contribution < 1.29 is 0 Å². The molecule has 2 rings (SSSR count). The lowest BCUT2D eigenvalue weighted by molar-refractivity contribution is 0.978. The molecule has 0 aliphatic heterocycles. The highest BCUT2D eigenvalue weighted by molar-refractivity contribution is 6.30. The van der Waals surface area contributed by atoms with Crippen LogP contribution in [-0.4, -0.2) is 11.5 Å². The van der Waals surface area contributed by atoms with E-state index in [9.17, 15) is 0 Å². The maximum absolute atomic E-state index is 6.01. The summed E-state index contributed by atoms with van der Waals surface area (Å²) in [6.45, 7) is 5.13. The van der Waals surface area contributed by atoms with Crippen molar-refractivity contribution in [3.05, 3.63) is 47.2 Å². The zero-order valence-electron chi connectivity index (χ0n) is 11.2. The number of pyridine rings is 1. The summed E-state index contributed by atoms with van der Waals surface area (Å²) in [5.41, 5.74) is 4.12. The van der Waals surface area contributed by atoms with Crippen LogP contribution in [0.15, 0.2) is 36.7 Å². The summed E-state index contributed by atoms with van der Waals surface area (Å²) in [7, 11) is 0. The van der Waals surface area contributed by atoms with Crippen molar-refractivity contribution in [1.82, 2.24) is 4.98 Å². The molecule has 1 aromatic carbocycles. The van der Waals surface area contributed by atoms with Crippen LogP contribution in [0.1, 0.15) is 18.9 Å². The summed E-state index contributed by atoms with van der Waals surface area (Å²) in [6, 6.07) is 7.85. The third-order valence-corrected chi connectivity index (χ3v) is 3.03. The number of nitrogens with one attached hydrogen (secondary N) is 2. The second-order valence-corrected chi connectivity index (χ2v) is 4.91. The molecule has 0 fully saturated rings. The van der Waals surface area contributed by atoms with E-state index >= 15 is 0 Å². The lowest BCUT2D eigenvalue weighted by Gasteiger charge is -2.11. The van der Waals surface area contributed by atoms with Crippen LogP contribution in [0.25, 0.3) is 0 Å². The summed E-state index contributed by atoms with van der Waals surface area (Å²) >= 11 is 6.01. The number of hydrogen-bond donors (Lipinski definition) is 2. The summed E-state index contributed by atoms with van der Waals surface area (Å²) in [4.78, 5) is 4.23. The van der Waals surface area contributed by atoms with Gasteiger partial charge in [0.05, 0.1) is 23.8 Å². The van der Waals surface area contributed by atoms with Crippen LogP contribution < -0.4 is 10.6 Å². The molecule has 19 heavy (non-hydrogen) atoms. The molecule has 1 heterocycles. The number of anilines is 3. The lowest BCUT2D eigenvalue weighted by atomic mass is 10.2. The minimum absolute atomic E-state index is 0.723. The summed E-state index contributed by atoms with van der Waals surface area (Å²) in [5.74, 6) is 0. The van der Waals surface area contributed by atoms with Crippen LogP contribution in [0.4, 0.5) is 17.1 Å². The van der Waals surface area contributed by atoms with E-state index in [2.05, 4.69) is 22.5 Å². The van der Waals surface area contributed by atoms with Gasteiger partial charge in [0.25, 0.3) is 0 Å². The predicted molar refractivity (Wildman–Crippen MR) is 82.5 cm³/mol. The average molecular weight is 276 g/mol. The summed E-state index contributed by atoms with van der Waals surface area (Å²) in [6.07, 6.45) is 4.72. The number of nitrogens with zero attached hydrogens (tertiary/aromatic N) is 1. The number of aromatic nitrogens is 1. The minimum atomic E-state index is 0.723. The van der Waals surface area contributed by atoms with Crippen molar-refractivity contribution >= 4 is 28.7 Å². The standard InChI is InChI=1S/C15H18ClN3/c1-3-6-18-13-8-14(10-17-9-13)19-15-7-12(16)5-4-11(15)2/h4-5,7-10,18-19H,3,6H2,1-2H3. The van der Waals surface area contributed by atoms with Gasteiger partial charge in [-0.25, -0.2) is 0 Å². The van der Waals surface area contributed by atoms with Gasteiger partial charge in [0.15, 0.2) is 0 Å². The van der Waals surface area contributed by atoms with E-state index < -0.39 is 0 Å². The minimum Gasteiger partial charge on any atom is -0.384 e. The Hall–Kier alpha value is -1.74. The molecule has 2 aromatic rings. The Morgan fingerprint density at radius 2 is 1.95 bits per heavy atom. The van der Waals surface area contributed by atoms with Gasteiger partial charge in [-0.2, -0.15) is 0 Å². The molecule has 0 radical (unpaired) electrons. The Morgan fingerprint density at radius 3 is 2.74 bits per heavy atom. The third-order valence-electron chi connectivity index (χ3n) is 2.80. The molecular formula is C15H18ClN3. The van der Waals surface area contributed by atoms with Crippen LogP contribution in [0.3, 0.4) is 0 Å². The smallest absolute Gasteiger partial charge is 0.0591 e. The number of benzene rings is 1. The first-order valence-corrected chi connectivity index (χ1v) is 6.79. The highest BCUT2D eigenvalue weighted by atomic mass is 35.5. The Kier molecular flexibility index (Phi) is 4.63. The van der Waals surface area contributed by atoms with E-state index in [1.54, 1.807) is 6.20 Å². The highest BCUT2D eigenvalue weighted by Gasteiger charge is 2.01. The van der Waals surface area contributed by atoms with Gasteiger partial charge in [-0.15, -0.1) is 0 Å². The molecule has 1 aromatic heterocycles. The van der Waals surface area contributed by atoms with Crippen molar-refractivity contribution in [2.45, 2.75) is 20.3 Å². The molecule has 0 unspecified atom stereocenters. The molecule has 0 aliphatic carbocycles. The average Bonchev–Trinajstić information content (AvgIpc) is 2.41. The van der Waals surface area contributed by atoms with Gasteiger partial charge in [0.1, 0.15) is 0 Å². The fourth-order valence-electron chi connectivity index (χ4n) is 1.76. The maximum atomic E-state index is 6.01. The highest BCUT2D eigenvalue weighted by Crippen LogP contribution is 2.24. The normalized spacial score (nSPS) is 10.3. The third kappa shape index (κ3) is 3.86. The van der Waals surface area contributed by atoms with E-state index in [0.717, 1.165) is 40.6 Å². The largest absolute Gasteiger partial charge is 0.384 e. The fraction of sp³-hybridized carbons (Fsp3) is 0.267. The van der Waals surface area contributed by atoms with Crippen LogP contribution >= 0.6 is 11.6 Å². The summed E-state index contributed by atoms with van der Waals surface area (Å²) < 4.78 is 0. The molecule has 0 spiro atoms. The van der Waals surface area contributed by atoms with E-state index in [1.807, 2.05) is 37.4 Å². The van der Waals surface area contributed by atoms with Crippen molar-refractivity contribution in [1.29, 1.82) is 0 Å². The molecular weight excluding hydrogens is 258 g/mol. The van der Waals surface area contributed by atoms with Crippen LogP contribution in [0.2, 0.25) is 5.02 Å². The monoisotopic (exact) mass is 275 g/mol. The van der Waals surface area contributed by atoms with Crippen molar-refractivity contribution in [2.24, 2.45) is 0 Å². The fourth-order valence-corrected chi connectivity index (χ4v) is 1.93. The Labute approximate surface area is 119 Å². The van der Waals surface area contributed by atoms with Crippen molar-refractivity contribution in [3.8, 4) is 0 Å². The number of halogens is 1. The lowest BCUT2D eigenvalue weighted by Crippen LogP contribution is -2.01. The zero-order valence-corrected chi connectivity index (χ0v) is 12.0. The second-order valence-electron chi connectivity index (χ2n) is 4.47. The van der Waals surface area contributed by atoms with E-state index in [-0.39, 0.29) is 0 Å². The number of rotatable bonds is 5. The van der Waals surface area contributed by atoms with Crippen molar-refractivity contribution in [3.63, 3.8) is 0 Å². The van der Waals surface area contributed by atoms with E-state index in [4.69, 9.17) is 11.6 Å². The Morgan fingerprint density at radius 1 is 1.16 bits per heavy atom. The van der Waals surface area contributed by atoms with Crippen LogP contribution in [-0.2, 0) is 0 Å². The SMILES string of the molecule is CCCNc1cncc(Nc2cc(Cl)ccc2C)c1. The second kappa shape index (κ2) is 6.43. The molecule has 2 N–H and O–H groups in total. The molecule has 3 nitrogen and oxygen atoms in total. The van der Waals surface area contributed by atoms with Gasteiger partial charge in [-0.1, -0.05) is 24.6 Å². The summed E-state index contributed by atoms with van der Waals surface area (Å²) in [5, 5.41) is 7.38. The van der Waals surface area contributed by atoms with E-state index in [1.165, 1.54) is 0 Å². The first-order valence-electron chi connectivity index (χ1n) is 6.41. The molecule has 4 heteroatoms. The van der Waals surface area contributed by atoms with E-state index in [0.29, 0.717) is 0 Å². The van der Waals surface area contributed by atoms with Gasteiger partial charge in [-0.05, 0) is 37.1 Å². The van der Waals surface area contributed by atoms with Gasteiger partial charge in [-0.3, -0.25) is 4.98 Å². The predicted octanol–water partition coefficient (Wildman–Crippen LogP) is 4.61. The first-order chi connectivity index (χ1) is 9.19. The Bertz CT molecular complexity index is 555. The van der Waals surface area contributed by atoms with Crippen LogP contribution in [0.5, 0.6) is 0 Å². The molecule has 0 amide bonds. The molecule has 0 atom stereocenters. The Balaban J connectivity index is 2.16. The van der Waals surface area contributed by atoms with Gasteiger partial charge < -0.3 is 10.6 Å². The zero-order chi connectivity index (χ0) is 13.7. The molecule has 0 bridgehead atoms. The molecule has 0 saturated carbocycles. The molecule has 0 saturated heterocycles. The van der Waals surface area contributed by atoms with Crippen molar-refractivity contribution in [2.75, 3.05) is 17.2 Å². The van der Waals surface area contributed by atoms with Gasteiger partial charge in [0, 0.05) is 17.3 Å². The molecule has 0 aliphatic rings. The topological polar surface area (TPSA) is 37.0 Å². The number of hydrogen-bond acceptors (Lipinski definition) is 3. The van der Waals surface area contributed by atoms with Gasteiger partial charge in [0.2, 0.25) is 0 Å². The first kappa shape index (κ1) is 13.7. The maximum Gasteiger partial charge on any atom is 0.0591 e. The quantitative estimate of drug-likeness (QED) is 0.837. The number of aryl methyl sites for hydroxylation is 1.